The fourth-order valence-corrected chi connectivity index (χ4v) is 6.05. The average Bonchev–Trinajstić information content (AvgIpc) is 3.24. The minimum atomic E-state index is -1.91. The molecule has 0 aliphatic carbocycles. The summed E-state index contributed by atoms with van der Waals surface area (Å²) in [6.45, 7) is -1.93. The van der Waals surface area contributed by atoms with Crippen molar-refractivity contribution in [2.75, 3.05) is 26.4 Å². The maximum atomic E-state index is 13.7. The Bertz CT molecular complexity index is 1770. The number of aliphatic carboxylic acids is 1. The molecule has 1 fully saturated rings. The van der Waals surface area contributed by atoms with Crippen molar-refractivity contribution in [2.45, 2.75) is 113 Å². The second-order valence-corrected chi connectivity index (χ2v) is 14.6. The molecule has 1 aromatic carbocycles. The summed E-state index contributed by atoms with van der Waals surface area (Å²) < 4.78 is 0. The van der Waals surface area contributed by atoms with Gasteiger partial charge in [-0.15, -0.1) is 0 Å². The zero-order chi connectivity index (χ0) is 47.2. The summed E-state index contributed by atoms with van der Waals surface area (Å²) in [6.07, 6.45) is -3.84. The second kappa shape index (κ2) is 26.9. The number of aliphatic hydroxyl groups excluding tert-OH is 4. The number of carboxylic acid groups (broad SMARTS) is 1. The van der Waals surface area contributed by atoms with Gasteiger partial charge in [-0.1, -0.05) is 30.3 Å². The van der Waals surface area contributed by atoms with Crippen molar-refractivity contribution in [3.63, 3.8) is 0 Å². The van der Waals surface area contributed by atoms with E-state index in [1.807, 2.05) is 0 Å². The monoisotopic (exact) mass is 894 g/mol. The van der Waals surface area contributed by atoms with E-state index in [1.54, 1.807) is 30.3 Å². The molecule has 350 valence electrons. The molecule has 0 saturated carbocycles. The van der Waals surface area contributed by atoms with Crippen LogP contribution >= 0.6 is 0 Å². The van der Waals surface area contributed by atoms with Crippen molar-refractivity contribution < 1.29 is 73.5 Å². The number of nitrogens with one attached hydrogen (secondary N) is 8. The molecular weight excluding hydrogens is 836 g/mol. The van der Waals surface area contributed by atoms with Crippen LogP contribution in [0.2, 0.25) is 0 Å². The van der Waals surface area contributed by atoms with Crippen molar-refractivity contribution in [2.24, 2.45) is 11.5 Å². The van der Waals surface area contributed by atoms with Gasteiger partial charge in [-0.25, -0.2) is 0 Å². The van der Waals surface area contributed by atoms with Gasteiger partial charge < -0.3 is 79.5 Å². The summed E-state index contributed by atoms with van der Waals surface area (Å²) >= 11 is 0. The summed E-state index contributed by atoms with van der Waals surface area (Å²) in [6, 6.07) is -5.37. The molecule has 0 radical (unpaired) electrons. The van der Waals surface area contributed by atoms with E-state index < -0.39 is 159 Å². The number of aliphatic hydroxyl groups is 4. The van der Waals surface area contributed by atoms with Gasteiger partial charge in [0, 0.05) is 19.3 Å². The third-order valence-corrected chi connectivity index (χ3v) is 9.62. The SMILES string of the molecule is C[C@@H](O)[C@@H]1NC(=O)C(CCC(=O)O)NC(=O)C(CO)NC(=O)CCC(C(N)=O)NC(=O)[C@H](Cc2ccccc2)NC(=O)C(CO)NC(=O)[C@H](CCCCN)NC(=O)C(CO)NC1=O. The molecule has 0 spiro atoms. The number of unbranched alkanes of at least 4 members (excludes halogenated alkanes) is 1. The summed E-state index contributed by atoms with van der Waals surface area (Å²) in [7, 11) is 0. The molecule has 1 saturated heterocycles. The highest BCUT2D eigenvalue weighted by Crippen LogP contribution is 2.09. The number of rotatable bonds is 14. The second-order valence-electron chi connectivity index (χ2n) is 14.6. The van der Waals surface area contributed by atoms with Crippen LogP contribution in [0, 0.1) is 0 Å². The van der Waals surface area contributed by atoms with Crippen LogP contribution in [-0.2, 0) is 54.4 Å². The number of primary amides is 1. The van der Waals surface area contributed by atoms with E-state index >= 15 is 0 Å². The van der Waals surface area contributed by atoms with Crippen LogP contribution in [-0.4, -0.2) is 165 Å². The van der Waals surface area contributed by atoms with Crippen LogP contribution in [0.4, 0.5) is 0 Å². The maximum Gasteiger partial charge on any atom is 0.303 e. The first-order valence-electron chi connectivity index (χ1n) is 20.0. The van der Waals surface area contributed by atoms with Gasteiger partial charge in [-0.3, -0.25) is 47.9 Å². The normalized spacial score (nSPS) is 26.0. The van der Waals surface area contributed by atoms with Crippen LogP contribution in [0.5, 0.6) is 0 Å². The first-order valence-corrected chi connectivity index (χ1v) is 20.0. The van der Waals surface area contributed by atoms with Crippen molar-refractivity contribution >= 4 is 59.1 Å². The van der Waals surface area contributed by atoms with Crippen molar-refractivity contribution in [3.8, 4) is 0 Å². The molecule has 2 rings (SSSR count). The zero-order valence-corrected chi connectivity index (χ0v) is 34.5. The van der Waals surface area contributed by atoms with Gasteiger partial charge in [0.2, 0.25) is 53.2 Å². The predicted molar refractivity (Wildman–Crippen MR) is 217 cm³/mol. The third kappa shape index (κ3) is 17.9. The van der Waals surface area contributed by atoms with E-state index in [0.717, 1.165) is 6.92 Å². The van der Waals surface area contributed by atoms with Gasteiger partial charge in [0.1, 0.15) is 48.3 Å². The standard InChI is InChI=1S/C38H58N10O15/c1-19(52)30-38(63)47-27(18-51)36(61)43-22(9-5-6-14-39)32(57)46-26(17-50)37(62)45-24(15-20-7-3-2-4-8-20)34(59)42-21(31(40)56)10-12-28(53)41-25(16-49)35(60)44-23(33(58)48-30)11-13-29(54)55/h2-4,7-8,19,21-27,30,49-52H,5-6,9-18,39H2,1H3,(H2,40,56)(H,41,53)(H,42,59)(H,43,61)(H,44,60)(H,45,62)(H,46,57)(H,47,63)(H,48,58)(H,54,55)/t19-,21?,22+,23?,24+,25?,26?,27?,30+/m1/s1. The van der Waals surface area contributed by atoms with Gasteiger partial charge in [0.15, 0.2) is 0 Å². The summed E-state index contributed by atoms with van der Waals surface area (Å²) in [4.78, 5) is 131. The molecule has 1 aliphatic rings. The molecule has 1 heterocycles. The fourth-order valence-electron chi connectivity index (χ4n) is 6.05. The molecule has 17 N–H and O–H groups in total. The Morgan fingerprint density at radius 2 is 1.10 bits per heavy atom. The van der Waals surface area contributed by atoms with Gasteiger partial charge >= 0.3 is 5.97 Å². The molecule has 9 amide bonds. The number of nitrogens with two attached hydrogens (primary N) is 2. The summed E-state index contributed by atoms with van der Waals surface area (Å²) in [5.41, 5.74) is 11.6. The molecule has 63 heavy (non-hydrogen) atoms. The van der Waals surface area contributed by atoms with Crippen molar-refractivity contribution in [3.05, 3.63) is 35.9 Å². The average molecular weight is 895 g/mol. The molecule has 25 nitrogen and oxygen atoms in total. The number of carboxylic acids is 1. The quantitative estimate of drug-likeness (QED) is 0.0772. The zero-order valence-electron chi connectivity index (χ0n) is 34.5. The molecule has 25 heteroatoms. The van der Waals surface area contributed by atoms with Crippen LogP contribution in [0.15, 0.2) is 30.3 Å². The van der Waals surface area contributed by atoms with Gasteiger partial charge in [-0.2, -0.15) is 0 Å². The van der Waals surface area contributed by atoms with E-state index in [1.165, 1.54) is 0 Å². The van der Waals surface area contributed by atoms with Crippen molar-refractivity contribution in [1.82, 2.24) is 42.5 Å². The van der Waals surface area contributed by atoms with E-state index in [4.69, 9.17) is 11.5 Å². The Morgan fingerprint density at radius 1 is 0.635 bits per heavy atom. The van der Waals surface area contributed by atoms with Crippen molar-refractivity contribution in [1.29, 1.82) is 0 Å². The van der Waals surface area contributed by atoms with E-state index in [2.05, 4.69) is 42.5 Å². The molecular formula is C38H58N10O15. The number of hydrogen-bond acceptors (Lipinski definition) is 15. The first-order chi connectivity index (χ1) is 29.8. The smallest absolute Gasteiger partial charge is 0.303 e. The lowest BCUT2D eigenvalue weighted by molar-refractivity contribution is -0.139. The number of hydrogen-bond donors (Lipinski definition) is 15. The van der Waals surface area contributed by atoms with Gasteiger partial charge in [-0.05, 0) is 51.1 Å². The maximum absolute atomic E-state index is 13.7. The Balaban J connectivity index is 2.63. The third-order valence-electron chi connectivity index (χ3n) is 9.62. The molecule has 1 aromatic rings. The predicted octanol–water partition coefficient (Wildman–Crippen LogP) is -7.26. The largest absolute Gasteiger partial charge is 0.481 e. The highest BCUT2D eigenvalue weighted by Gasteiger charge is 2.36. The lowest BCUT2D eigenvalue weighted by Gasteiger charge is -2.28. The minimum absolute atomic E-state index is 0.112. The molecule has 9 atom stereocenters. The van der Waals surface area contributed by atoms with E-state index in [0.29, 0.717) is 12.0 Å². The molecule has 5 unspecified atom stereocenters. The Labute approximate surface area is 361 Å². The highest BCUT2D eigenvalue weighted by molar-refractivity contribution is 5.98. The topological polar surface area (TPSA) is 420 Å². The van der Waals surface area contributed by atoms with Crippen LogP contribution < -0.4 is 54.0 Å². The molecule has 0 bridgehead atoms. The molecule has 0 aromatic heterocycles. The van der Waals surface area contributed by atoms with Crippen LogP contribution in [0.3, 0.4) is 0 Å². The van der Waals surface area contributed by atoms with Crippen LogP contribution in [0.1, 0.15) is 57.4 Å². The molecule has 1 aliphatic heterocycles. The lowest BCUT2D eigenvalue weighted by atomic mass is 10.0. The number of amides is 9. The summed E-state index contributed by atoms with van der Waals surface area (Å²) in [5, 5.41) is 68.0. The van der Waals surface area contributed by atoms with Gasteiger partial charge in [0.25, 0.3) is 0 Å². The number of carbonyl (C=O) groups excluding carboxylic acids is 9. The highest BCUT2D eigenvalue weighted by atomic mass is 16.4. The van der Waals surface area contributed by atoms with E-state index in [9.17, 15) is 73.5 Å². The van der Waals surface area contributed by atoms with Crippen LogP contribution in [0.25, 0.3) is 0 Å². The minimum Gasteiger partial charge on any atom is -0.481 e. The first kappa shape index (κ1) is 52.9. The Kier molecular flexibility index (Phi) is 22.6. The number of benzene rings is 1. The fraction of sp³-hybridized carbons (Fsp3) is 0.579. The number of carbonyl (C=O) groups is 10. The summed E-state index contributed by atoms with van der Waals surface area (Å²) in [5.74, 6) is -11.5. The van der Waals surface area contributed by atoms with Gasteiger partial charge in [0.05, 0.1) is 25.9 Å². The Hall–Kier alpha value is -6.28. The van der Waals surface area contributed by atoms with E-state index in [-0.39, 0.29) is 25.8 Å². The lowest BCUT2D eigenvalue weighted by Crippen LogP contribution is -2.62. The Morgan fingerprint density at radius 3 is 1.60 bits per heavy atom.